The van der Waals surface area contributed by atoms with Crippen molar-refractivity contribution >= 4 is 63.9 Å². The molecule has 4 fully saturated rings. The van der Waals surface area contributed by atoms with Crippen LogP contribution < -0.4 is 15.4 Å². The SMILES string of the molecule is C=CCOC(=O)[C@@H]1[C@H]2C(=O)O[C@H](c3ccccc3)[C@H](c3ccccc3)N2[C@H](c2ccc(OCCOC(=O)[C@@H]3C[C@@H]4C(=O)N[C@@H](CC(C)C)C(=O)N4[C@@H]3c3ccc(O)cc3)cc2)[C@@]12C(=O)Nc1ccc(I)cc12. The number of esters is 3. The predicted octanol–water partition coefficient (Wildman–Crippen LogP) is 7.42. The first-order valence-corrected chi connectivity index (χ1v) is 25.2. The van der Waals surface area contributed by atoms with Crippen molar-refractivity contribution in [1.82, 2.24) is 15.1 Å². The lowest BCUT2D eigenvalue weighted by Gasteiger charge is -2.46. The highest BCUT2D eigenvalue weighted by Crippen LogP contribution is 2.65. The number of morpholine rings is 1. The molecule has 1 spiro atoms. The van der Waals surface area contributed by atoms with E-state index >= 15 is 4.79 Å². The van der Waals surface area contributed by atoms with E-state index in [4.69, 9.17) is 18.9 Å². The minimum absolute atomic E-state index is 0.0199. The molecule has 5 aromatic rings. The van der Waals surface area contributed by atoms with Crippen LogP contribution in [0, 0.1) is 21.3 Å². The molecular formula is C56H53IN4O11. The summed E-state index contributed by atoms with van der Waals surface area (Å²) >= 11 is 2.18. The predicted molar refractivity (Wildman–Crippen MR) is 271 cm³/mol. The van der Waals surface area contributed by atoms with Crippen LogP contribution in [0.5, 0.6) is 11.5 Å². The smallest absolute Gasteiger partial charge is 0.325 e. The Morgan fingerprint density at radius 3 is 2.17 bits per heavy atom. The van der Waals surface area contributed by atoms with Gasteiger partial charge in [-0.15, -0.1) is 0 Å². The second-order valence-corrected chi connectivity index (χ2v) is 20.5. The molecule has 0 bridgehead atoms. The number of benzene rings is 5. The maximum Gasteiger partial charge on any atom is 0.325 e. The summed E-state index contributed by atoms with van der Waals surface area (Å²) in [7, 11) is 0. The van der Waals surface area contributed by atoms with E-state index in [0.717, 1.165) is 14.7 Å². The zero-order chi connectivity index (χ0) is 50.4. The lowest BCUT2D eigenvalue weighted by Crippen LogP contribution is -2.61. The Balaban J connectivity index is 0.964. The molecule has 0 saturated carbocycles. The molecule has 0 radical (unpaired) electrons. The number of ether oxygens (including phenoxy) is 4. The van der Waals surface area contributed by atoms with E-state index in [0.29, 0.717) is 34.5 Å². The molecule has 4 saturated heterocycles. The summed E-state index contributed by atoms with van der Waals surface area (Å²) in [5.41, 5.74) is 2.08. The molecule has 5 aliphatic rings. The average molecular weight is 1080 g/mol. The molecule has 5 heterocycles. The maximum absolute atomic E-state index is 15.2. The van der Waals surface area contributed by atoms with Crippen molar-refractivity contribution in [2.75, 3.05) is 25.1 Å². The van der Waals surface area contributed by atoms with E-state index in [2.05, 4.69) is 39.8 Å². The van der Waals surface area contributed by atoms with Crippen LogP contribution >= 0.6 is 22.6 Å². The molecule has 72 heavy (non-hydrogen) atoms. The summed E-state index contributed by atoms with van der Waals surface area (Å²) in [6, 6.07) is 32.6. The van der Waals surface area contributed by atoms with Crippen molar-refractivity contribution in [3.8, 4) is 11.5 Å². The van der Waals surface area contributed by atoms with E-state index in [1.165, 1.54) is 23.1 Å². The highest BCUT2D eigenvalue weighted by atomic mass is 127. The van der Waals surface area contributed by atoms with Gasteiger partial charge in [0.2, 0.25) is 17.7 Å². The standard InChI is InChI=1S/C56H53IN4O11/c1-4-25-70-53(66)44-47-54(67)72-48(34-13-9-6-10-14-34)46(32-11-7-5-8-12-32)61(47)49(56(44)40-29-36(57)19-24-41(40)59-55(56)68)35-17-22-38(23-18-35)69-26-27-71-52(65)39-30-43-50(63)58-42(28-31(2)3)51(64)60(43)45(39)33-15-20-37(62)21-16-33/h4-24,29,31,39,42-49,62H,1,25-28,30H2,2-3H3,(H,58,63)(H,59,68)/t39-,42+,43-,44+,45-,46+,47+,48-,49-,56+/m1/s1. The molecule has 15 nitrogen and oxygen atoms in total. The molecule has 3 N–H and O–H groups in total. The summed E-state index contributed by atoms with van der Waals surface area (Å²) in [6.45, 7) is 7.31. The van der Waals surface area contributed by atoms with Crippen molar-refractivity contribution in [3.63, 3.8) is 0 Å². The molecule has 3 amide bonds. The Morgan fingerprint density at radius 1 is 0.819 bits per heavy atom. The van der Waals surface area contributed by atoms with Gasteiger partial charge in [-0.25, -0.2) is 0 Å². The number of nitrogens with zero attached hydrogens (tertiary/aromatic N) is 2. The number of nitrogens with one attached hydrogen (secondary N) is 2. The third-order valence-electron chi connectivity index (χ3n) is 14.6. The molecule has 0 unspecified atom stereocenters. The van der Waals surface area contributed by atoms with Crippen LogP contribution in [-0.2, 0) is 48.4 Å². The Hall–Kier alpha value is -7.05. The van der Waals surface area contributed by atoms with E-state index in [1.807, 2.05) is 104 Å². The van der Waals surface area contributed by atoms with Crippen LogP contribution in [0.1, 0.15) is 78.7 Å². The van der Waals surface area contributed by atoms with Gasteiger partial charge >= 0.3 is 17.9 Å². The second kappa shape index (κ2) is 19.9. The summed E-state index contributed by atoms with van der Waals surface area (Å²) in [5.74, 6) is -4.77. The van der Waals surface area contributed by atoms with Gasteiger partial charge in [0.1, 0.15) is 66.9 Å². The van der Waals surface area contributed by atoms with Crippen LogP contribution in [0.15, 0.2) is 140 Å². The quantitative estimate of drug-likeness (QED) is 0.0329. The zero-order valence-corrected chi connectivity index (χ0v) is 41.7. The molecule has 5 aromatic carbocycles. The van der Waals surface area contributed by atoms with E-state index in [-0.39, 0.29) is 49.7 Å². The monoisotopic (exact) mass is 1080 g/mol. The number of phenols is 1. The lowest BCUT2D eigenvalue weighted by atomic mass is 9.65. The van der Waals surface area contributed by atoms with Crippen molar-refractivity contribution in [1.29, 1.82) is 0 Å². The first-order chi connectivity index (χ1) is 34.8. The van der Waals surface area contributed by atoms with Gasteiger partial charge in [-0.3, -0.25) is 33.7 Å². The molecule has 370 valence electrons. The summed E-state index contributed by atoms with van der Waals surface area (Å²) < 4.78 is 25.0. The largest absolute Gasteiger partial charge is 0.508 e. The number of rotatable bonds is 14. The van der Waals surface area contributed by atoms with Gasteiger partial charge in [0.25, 0.3) is 0 Å². The molecular weight excluding hydrogens is 1030 g/mol. The van der Waals surface area contributed by atoms with Crippen LogP contribution in [0.3, 0.4) is 0 Å². The number of carbonyl (C=O) groups excluding carboxylic acids is 6. The molecule has 16 heteroatoms. The van der Waals surface area contributed by atoms with Crippen LogP contribution in [0.25, 0.3) is 0 Å². The van der Waals surface area contributed by atoms with Crippen molar-refractivity contribution < 1.29 is 52.8 Å². The number of fused-ring (bicyclic) bond motifs is 4. The fraction of sp³-hybridized carbons (Fsp3) is 0.321. The Labute approximate surface area is 430 Å². The number of hydrogen-bond acceptors (Lipinski definition) is 12. The lowest BCUT2D eigenvalue weighted by molar-refractivity contribution is -0.180. The number of anilines is 1. The first-order valence-electron chi connectivity index (χ1n) is 24.1. The van der Waals surface area contributed by atoms with Gasteiger partial charge in [0.15, 0.2) is 0 Å². The third kappa shape index (κ3) is 8.46. The minimum atomic E-state index is -1.71. The Morgan fingerprint density at radius 2 is 1.49 bits per heavy atom. The molecule has 5 aliphatic heterocycles. The number of carbonyl (C=O) groups is 6. The summed E-state index contributed by atoms with van der Waals surface area (Å²) in [4.78, 5) is 89.7. The Kier molecular flexibility index (Phi) is 13.4. The van der Waals surface area contributed by atoms with Crippen LogP contribution in [0.4, 0.5) is 5.69 Å². The highest BCUT2D eigenvalue weighted by Gasteiger charge is 2.74. The van der Waals surface area contributed by atoms with Crippen LogP contribution in [0.2, 0.25) is 0 Å². The first kappa shape index (κ1) is 48.6. The van der Waals surface area contributed by atoms with E-state index < -0.39 is 83.4 Å². The minimum Gasteiger partial charge on any atom is -0.508 e. The molecule has 0 aromatic heterocycles. The van der Waals surface area contributed by atoms with Crippen molar-refractivity contribution in [2.24, 2.45) is 17.8 Å². The average Bonchev–Trinajstić information content (AvgIpc) is 4.03. The number of piperazine rings is 1. The van der Waals surface area contributed by atoms with Gasteiger partial charge < -0.3 is 39.6 Å². The van der Waals surface area contributed by atoms with Gasteiger partial charge in [-0.1, -0.05) is 111 Å². The number of amides is 3. The summed E-state index contributed by atoms with van der Waals surface area (Å²) in [6.07, 6.45) is 1.10. The molecule has 10 atom stereocenters. The highest BCUT2D eigenvalue weighted by molar-refractivity contribution is 14.1. The van der Waals surface area contributed by atoms with Gasteiger partial charge in [-0.2, -0.15) is 0 Å². The zero-order valence-electron chi connectivity index (χ0n) is 39.5. The fourth-order valence-electron chi connectivity index (χ4n) is 11.7. The molecule has 10 rings (SSSR count). The molecule has 0 aliphatic carbocycles. The topological polar surface area (TPSA) is 190 Å². The van der Waals surface area contributed by atoms with Gasteiger partial charge in [-0.05, 0) is 112 Å². The van der Waals surface area contributed by atoms with Crippen molar-refractivity contribution in [2.45, 2.75) is 74.5 Å². The fourth-order valence-corrected chi connectivity index (χ4v) is 12.2. The van der Waals surface area contributed by atoms with E-state index in [1.54, 1.807) is 30.3 Å². The third-order valence-corrected chi connectivity index (χ3v) is 15.2. The maximum atomic E-state index is 15.2. The number of hydrogen-bond donors (Lipinski definition) is 3. The number of phenolic OH excluding ortho intramolecular Hbond substituents is 1. The van der Waals surface area contributed by atoms with Crippen molar-refractivity contribution in [3.05, 3.63) is 171 Å². The number of aromatic hydroxyl groups is 1. The number of halogens is 1. The van der Waals surface area contributed by atoms with Gasteiger partial charge in [0.05, 0.1) is 24.0 Å². The summed E-state index contributed by atoms with van der Waals surface area (Å²) in [5, 5.41) is 16.0. The number of cyclic esters (lactones) is 1. The van der Waals surface area contributed by atoms with Gasteiger partial charge in [0, 0.05) is 9.26 Å². The second-order valence-electron chi connectivity index (χ2n) is 19.2. The van der Waals surface area contributed by atoms with Crippen LogP contribution in [-0.4, -0.2) is 88.5 Å². The normalized spacial score (nSPS) is 27.3. The van der Waals surface area contributed by atoms with E-state index in [9.17, 15) is 29.1 Å². The Bertz CT molecular complexity index is 2920.